The van der Waals surface area contributed by atoms with Gasteiger partial charge in [-0.15, -0.1) is 0 Å². The quantitative estimate of drug-likeness (QED) is 0.346. The normalized spacial score (nSPS) is 10.2. The predicted octanol–water partition coefficient (Wildman–Crippen LogP) is -2.27. The van der Waals surface area contributed by atoms with Crippen molar-refractivity contribution in [2.45, 2.75) is 0 Å². The fraction of sp³-hybridized carbons (Fsp3) is 0.0526. The molecule has 0 saturated heterocycles. The van der Waals surface area contributed by atoms with Crippen molar-refractivity contribution in [3.8, 4) is 0 Å². The first-order valence-corrected chi connectivity index (χ1v) is 9.09. The molecule has 22 heavy (non-hydrogen) atoms. The fourth-order valence-electron chi connectivity index (χ4n) is 2.63. The molecule has 108 valence electrons. The molecule has 3 rings (SSSR count). The van der Waals surface area contributed by atoms with Crippen molar-refractivity contribution in [3.05, 3.63) is 91.0 Å². The Kier molecular flexibility index (Phi) is 8.74. The van der Waals surface area contributed by atoms with Crippen LogP contribution in [-0.2, 0) is 0 Å². The van der Waals surface area contributed by atoms with Gasteiger partial charge < -0.3 is 18.4 Å². The molecule has 0 atom stereocenters. The van der Waals surface area contributed by atoms with Crippen LogP contribution < -0.4 is 84.3 Å². The summed E-state index contributed by atoms with van der Waals surface area (Å²) in [5.74, 6) is 0. The van der Waals surface area contributed by atoms with E-state index in [2.05, 4.69) is 97.7 Å². The Morgan fingerprint density at radius 3 is 1.00 bits per heavy atom. The molecule has 0 saturated carbocycles. The fourth-order valence-corrected chi connectivity index (χ4v) is 5.83. The number of hydrogen-bond donors (Lipinski definition) is 0. The summed E-state index contributed by atoms with van der Waals surface area (Å²) in [5, 5.41) is 4.28. The molecule has 0 N–H and O–H groups in total. The van der Waals surface area contributed by atoms with Gasteiger partial charge >= 0.3 is 51.4 Å². The zero-order valence-electron chi connectivity index (χ0n) is 14.0. The Labute approximate surface area is 188 Å². The van der Waals surface area contributed by atoms with Crippen molar-refractivity contribution < 1.29 is 69.8 Å². The van der Waals surface area contributed by atoms with Gasteiger partial charge in [0.15, 0.2) is 0 Å². The molecule has 3 aromatic carbocycles. The summed E-state index contributed by atoms with van der Waals surface area (Å²) in [6.07, 6.45) is 0. The molecule has 0 aliphatic carbocycles. The van der Waals surface area contributed by atoms with E-state index < -0.39 is 7.26 Å². The van der Waals surface area contributed by atoms with E-state index in [0.717, 1.165) is 0 Å². The third-order valence-electron chi connectivity index (χ3n) is 3.82. The van der Waals surface area contributed by atoms with E-state index in [1.54, 1.807) is 0 Å². The minimum Gasteiger partial charge on any atom is -1.00 e. The Bertz CT molecular complexity index is 581. The van der Waals surface area contributed by atoms with Crippen LogP contribution in [0.3, 0.4) is 0 Å². The van der Waals surface area contributed by atoms with Crippen LogP contribution in [0, 0.1) is 0 Å². The Hall–Kier alpha value is 0.206. The van der Waals surface area contributed by atoms with Crippen LogP contribution in [-0.4, -0.2) is 6.66 Å². The van der Waals surface area contributed by atoms with Gasteiger partial charge in [0.25, 0.3) is 0 Å². The number of rotatable bonds is 3. The van der Waals surface area contributed by atoms with E-state index in [1.165, 1.54) is 15.9 Å². The summed E-state index contributed by atoms with van der Waals surface area (Å²) in [7, 11) is -1.53. The van der Waals surface area contributed by atoms with Crippen molar-refractivity contribution >= 4 is 23.2 Å². The molecule has 0 radical (unpaired) electrons. The second-order valence-electron chi connectivity index (χ2n) is 5.01. The summed E-state index contributed by atoms with van der Waals surface area (Å²) in [5.41, 5.74) is 0. The summed E-state index contributed by atoms with van der Waals surface area (Å²) in [4.78, 5) is 0. The van der Waals surface area contributed by atoms with E-state index in [4.69, 9.17) is 0 Å². The number of benzene rings is 3. The molecule has 0 aliphatic rings. The third kappa shape index (κ3) is 4.18. The zero-order chi connectivity index (χ0) is 13.8. The molecule has 0 bridgehead atoms. The maximum atomic E-state index is 2.41. The van der Waals surface area contributed by atoms with E-state index in [-0.39, 0.29) is 69.8 Å². The van der Waals surface area contributed by atoms with Crippen LogP contribution in [0.4, 0.5) is 0 Å². The number of hydrogen-bond acceptors (Lipinski definition) is 0. The van der Waals surface area contributed by atoms with Gasteiger partial charge in [-0.25, -0.2) is 0 Å². The zero-order valence-corrected chi connectivity index (χ0v) is 18.6. The molecule has 0 amide bonds. The molecule has 0 nitrogen and oxygen atoms in total. The number of halogens is 1. The van der Waals surface area contributed by atoms with Gasteiger partial charge in [0.05, 0.1) is 6.66 Å². The molecule has 3 aromatic rings. The van der Waals surface area contributed by atoms with Gasteiger partial charge in [-0.05, 0) is 36.4 Å². The van der Waals surface area contributed by atoms with Gasteiger partial charge in [0.1, 0.15) is 23.2 Å². The topological polar surface area (TPSA) is 0 Å². The molecule has 0 aromatic heterocycles. The van der Waals surface area contributed by atoms with Gasteiger partial charge in [-0.2, -0.15) is 0 Å². The Morgan fingerprint density at radius 1 is 0.545 bits per heavy atom. The van der Waals surface area contributed by atoms with Crippen LogP contribution >= 0.6 is 7.26 Å². The van der Waals surface area contributed by atoms with E-state index >= 15 is 0 Å². The maximum Gasteiger partial charge on any atom is 1.00 e. The van der Waals surface area contributed by atoms with Crippen molar-refractivity contribution in [1.29, 1.82) is 0 Å². The second-order valence-corrected chi connectivity index (χ2v) is 8.57. The average molecular weight is 397 g/mol. The molecular formula is C19H19BrKP. The van der Waals surface area contributed by atoms with Crippen LogP contribution in [0.5, 0.6) is 0 Å². The van der Waals surface area contributed by atoms with Crippen LogP contribution in [0.15, 0.2) is 91.0 Å². The first-order valence-electron chi connectivity index (χ1n) is 6.85. The summed E-state index contributed by atoms with van der Waals surface area (Å²) < 4.78 is 0. The largest absolute Gasteiger partial charge is 1.00 e. The van der Waals surface area contributed by atoms with Crippen LogP contribution in [0.25, 0.3) is 0 Å². The minimum absolute atomic E-state index is 0. The van der Waals surface area contributed by atoms with Crippen LogP contribution in [0.1, 0.15) is 1.43 Å². The van der Waals surface area contributed by atoms with Crippen molar-refractivity contribution in [3.63, 3.8) is 0 Å². The average Bonchev–Trinajstić information content (AvgIpc) is 2.56. The maximum absolute atomic E-state index is 2.41. The second kappa shape index (κ2) is 9.49. The smallest absolute Gasteiger partial charge is 1.00 e. The van der Waals surface area contributed by atoms with E-state index in [1.807, 2.05) is 0 Å². The summed E-state index contributed by atoms with van der Waals surface area (Å²) in [6.45, 7) is 2.41. The molecular weight excluding hydrogens is 378 g/mol. The van der Waals surface area contributed by atoms with Crippen molar-refractivity contribution in [2.75, 3.05) is 6.66 Å². The Morgan fingerprint density at radius 2 is 0.773 bits per heavy atom. The standard InChI is InChI=1S/C19H18P.BrH.K.H/c1-20(17-11-5-2-6-12-17,18-13-7-3-8-14-18)19-15-9-4-10-16-19;;;/h2-16H,1H3;1H;;/q+1;;+1;-1/p-1. The molecule has 3 heteroatoms. The van der Waals surface area contributed by atoms with Crippen molar-refractivity contribution in [2.24, 2.45) is 0 Å². The molecule has 0 fully saturated rings. The van der Waals surface area contributed by atoms with Gasteiger partial charge in [-0.3, -0.25) is 0 Å². The first-order chi connectivity index (χ1) is 9.82. The van der Waals surface area contributed by atoms with Crippen LogP contribution in [0.2, 0.25) is 0 Å². The molecule has 0 aliphatic heterocycles. The SMILES string of the molecule is C[P+](c1ccccc1)(c1ccccc1)c1ccccc1.[Br-].[H-].[K+]. The van der Waals surface area contributed by atoms with E-state index in [9.17, 15) is 0 Å². The van der Waals surface area contributed by atoms with Gasteiger partial charge in [0.2, 0.25) is 0 Å². The molecule has 0 spiro atoms. The van der Waals surface area contributed by atoms with Crippen molar-refractivity contribution in [1.82, 2.24) is 0 Å². The summed E-state index contributed by atoms with van der Waals surface area (Å²) >= 11 is 0. The monoisotopic (exact) mass is 396 g/mol. The van der Waals surface area contributed by atoms with Gasteiger partial charge in [0, 0.05) is 0 Å². The Balaban J connectivity index is 0.00000161. The molecule has 0 unspecified atom stereocenters. The first kappa shape index (κ1) is 20.3. The predicted molar refractivity (Wildman–Crippen MR) is 92.2 cm³/mol. The van der Waals surface area contributed by atoms with Gasteiger partial charge in [-0.1, -0.05) is 54.6 Å². The minimum atomic E-state index is -1.53. The molecule has 0 heterocycles. The summed E-state index contributed by atoms with van der Waals surface area (Å²) in [6, 6.07) is 32.6. The third-order valence-corrected chi connectivity index (χ3v) is 7.81. The van der Waals surface area contributed by atoms with E-state index in [0.29, 0.717) is 0 Å².